The van der Waals surface area contributed by atoms with Gasteiger partial charge in [0.05, 0.1) is 17.9 Å². The van der Waals surface area contributed by atoms with Gasteiger partial charge >= 0.3 is 6.09 Å². The van der Waals surface area contributed by atoms with Crippen LogP contribution in [0.2, 0.25) is 0 Å². The number of carbonyl (C=O) groups is 2. The van der Waals surface area contributed by atoms with Crippen LogP contribution in [0.25, 0.3) is 0 Å². The Balaban J connectivity index is 1.40. The molecule has 0 saturated carbocycles. The van der Waals surface area contributed by atoms with Crippen molar-refractivity contribution in [1.82, 2.24) is 19.7 Å². The molecule has 2 aliphatic heterocycles. The van der Waals surface area contributed by atoms with E-state index in [1.54, 1.807) is 11.8 Å². The van der Waals surface area contributed by atoms with Crippen LogP contribution in [-0.2, 0) is 11.2 Å². The number of nitrogens with zero attached hydrogens (tertiary/aromatic N) is 4. The van der Waals surface area contributed by atoms with E-state index in [1.807, 2.05) is 24.0 Å². The van der Waals surface area contributed by atoms with E-state index in [0.717, 1.165) is 54.5 Å². The number of aryl methyl sites for hydroxylation is 3. The Morgan fingerprint density at radius 2 is 1.66 bits per heavy atom. The van der Waals surface area contributed by atoms with Crippen molar-refractivity contribution in [3.05, 3.63) is 58.4 Å². The Labute approximate surface area is 231 Å². The summed E-state index contributed by atoms with van der Waals surface area (Å²) in [4.78, 5) is 36.2. The summed E-state index contributed by atoms with van der Waals surface area (Å²) in [6.07, 6.45) is 2.39. The van der Waals surface area contributed by atoms with E-state index >= 15 is 0 Å². The van der Waals surface area contributed by atoms with Gasteiger partial charge in [-0.05, 0) is 75.5 Å². The third-order valence-corrected chi connectivity index (χ3v) is 7.89. The Hall–Kier alpha value is -3.20. The molecule has 2 amide bonds. The molecule has 0 aliphatic carbocycles. The predicted octanol–water partition coefficient (Wildman–Crippen LogP) is 4.75. The van der Waals surface area contributed by atoms with Gasteiger partial charge in [0.25, 0.3) is 5.91 Å². The maximum Gasteiger partial charge on any atom is 0.409 e. The number of aromatic nitrogens is 1. The average molecular weight is 538 g/mol. The van der Waals surface area contributed by atoms with Gasteiger partial charge in [0, 0.05) is 56.6 Å². The van der Waals surface area contributed by atoms with Gasteiger partial charge in [-0.2, -0.15) is 0 Å². The summed E-state index contributed by atoms with van der Waals surface area (Å²) in [5.74, 6) is 0.181. The van der Waals surface area contributed by atoms with Gasteiger partial charge in [0.1, 0.15) is 0 Å². The SMILES string of the molecule is CCOC(=O)N1CCN(C(=O)c2ccc(C)nc2C2CCN(C(=S)Nc3c(C)cccc3CC)CC2)CC1. The van der Waals surface area contributed by atoms with Gasteiger partial charge in [-0.1, -0.05) is 25.1 Å². The van der Waals surface area contributed by atoms with Gasteiger partial charge in [-0.15, -0.1) is 0 Å². The molecule has 4 rings (SSSR count). The van der Waals surface area contributed by atoms with Gasteiger partial charge < -0.3 is 24.8 Å². The zero-order valence-corrected chi connectivity index (χ0v) is 23.8. The van der Waals surface area contributed by atoms with Crippen molar-refractivity contribution in [2.45, 2.75) is 52.9 Å². The van der Waals surface area contributed by atoms with Crippen molar-refractivity contribution in [2.24, 2.45) is 0 Å². The number of ether oxygens (including phenoxy) is 1. The highest BCUT2D eigenvalue weighted by molar-refractivity contribution is 7.80. The summed E-state index contributed by atoms with van der Waals surface area (Å²) in [5.41, 5.74) is 6.03. The predicted molar refractivity (Wildman–Crippen MR) is 154 cm³/mol. The van der Waals surface area contributed by atoms with Crippen LogP contribution in [0.4, 0.5) is 10.5 Å². The first-order valence-corrected chi connectivity index (χ1v) is 14.1. The van der Waals surface area contributed by atoms with E-state index in [4.69, 9.17) is 21.9 Å². The number of hydrogen-bond acceptors (Lipinski definition) is 5. The van der Waals surface area contributed by atoms with Crippen molar-refractivity contribution in [1.29, 1.82) is 0 Å². The first-order chi connectivity index (χ1) is 18.3. The number of carbonyl (C=O) groups excluding carboxylic acids is 2. The molecule has 0 radical (unpaired) electrons. The number of rotatable bonds is 5. The molecule has 204 valence electrons. The normalized spacial score (nSPS) is 16.4. The summed E-state index contributed by atoms with van der Waals surface area (Å²) in [5, 5.41) is 4.25. The smallest absolute Gasteiger partial charge is 0.409 e. The van der Waals surface area contributed by atoms with E-state index in [-0.39, 0.29) is 17.9 Å². The fourth-order valence-corrected chi connectivity index (χ4v) is 5.57. The van der Waals surface area contributed by atoms with Gasteiger partial charge in [-0.25, -0.2) is 4.79 Å². The second-order valence-corrected chi connectivity index (χ2v) is 10.4. The minimum atomic E-state index is -0.315. The number of piperidine rings is 1. The van der Waals surface area contributed by atoms with Gasteiger partial charge in [0.15, 0.2) is 5.11 Å². The van der Waals surface area contributed by atoms with Crippen molar-refractivity contribution >= 4 is 35.0 Å². The summed E-state index contributed by atoms with van der Waals surface area (Å²) >= 11 is 5.80. The molecule has 1 aromatic carbocycles. The maximum absolute atomic E-state index is 13.6. The van der Waals surface area contributed by atoms with Crippen LogP contribution in [0, 0.1) is 13.8 Å². The second kappa shape index (κ2) is 12.6. The zero-order valence-electron chi connectivity index (χ0n) is 23.0. The summed E-state index contributed by atoms with van der Waals surface area (Å²) < 4.78 is 5.11. The fraction of sp³-hybridized carbons (Fsp3) is 0.517. The molecule has 0 atom stereocenters. The Kier molecular flexibility index (Phi) is 9.20. The van der Waals surface area contributed by atoms with Crippen molar-refractivity contribution in [2.75, 3.05) is 51.2 Å². The molecule has 8 nitrogen and oxygen atoms in total. The van der Waals surface area contributed by atoms with E-state index < -0.39 is 0 Å². The molecule has 0 unspecified atom stereocenters. The Morgan fingerprint density at radius 1 is 0.974 bits per heavy atom. The van der Waals surface area contributed by atoms with Crippen LogP contribution in [0.15, 0.2) is 30.3 Å². The molecule has 2 aliphatic rings. The molecule has 2 aromatic rings. The number of hydrogen-bond donors (Lipinski definition) is 1. The van der Waals surface area contributed by atoms with Gasteiger partial charge in [0.2, 0.25) is 0 Å². The molecule has 2 saturated heterocycles. The molecular weight excluding hydrogens is 498 g/mol. The largest absolute Gasteiger partial charge is 0.450 e. The topological polar surface area (TPSA) is 78.0 Å². The number of nitrogens with one attached hydrogen (secondary N) is 1. The highest BCUT2D eigenvalue weighted by Gasteiger charge is 2.31. The van der Waals surface area contributed by atoms with Gasteiger partial charge in [-0.3, -0.25) is 9.78 Å². The second-order valence-electron chi connectivity index (χ2n) is 10.0. The third kappa shape index (κ3) is 6.26. The number of piperazine rings is 1. The summed E-state index contributed by atoms with van der Waals surface area (Å²) in [6.45, 7) is 11.9. The minimum absolute atomic E-state index is 0.0118. The Bertz CT molecular complexity index is 1170. The molecule has 3 heterocycles. The lowest BCUT2D eigenvalue weighted by atomic mass is 9.89. The summed E-state index contributed by atoms with van der Waals surface area (Å²) in [6, 6.07) is 10.2. The molecule has 2 fully saturated rings. The number of likely N-dealkylation sites (tertiary alicyclic amines) is 1. The molecule has 1 N–H and O–H groups in total. The highest BCUT2D eigenvalue weighted by atomic mass is 32.1. The van der Waals surface area contributed by atoms with E-state index in [9.17, 15) is 9.59 Å². The number of thiocarbonyl (C=S) groups is 1. The monoisotopic (exact) mass is 537 g/mol. The Morgan fingerprint density at radius 3 is 2.32 bits per heavy atom. The van der Waals surface area contributed by atoms with E-state index in [0.29, 0.717) is 38.3 Å². The lowest BCUT2D eigenvalue weighted by molar-refractivity contribution is 0.0568. The first-order valence-electron chi connectivity index (χ1n) is 13.6. The molecule has 0 bridgehead atoms. The lowest BCUT2D eigenvalue weighted by Gasteiger charge is -2.36. The first kappa shape index (κ1) is 27.8. The van der Waals surface area contributed by atoms with Crippen LogP contribution in [0.5, 0.6) is 0 Å². The number of pyridine rings is 1. The number of para-hydroxylation sites is 1. The summed E-state index contributed by atoms with van der Waals surface area (Å²) in [7, 11) is 0. The van der Waals surface area contributed by atoms with Crippen LogP contribution in [0.1, 0.15) is 65.5 Å². The molecular formula is C29H39N5O3S. The highest BCUT2D eigenvalue weighted by Crippen LogP contribution is 2.31. The van der Waals surface area contributed by atoms with E-state index in [1.165, 1.54) is 11.1 Å². The molecule has 9 heteroatoms. The minimum Gasteiger partial charge on any atom is -0.450 e. The quantitative estimate of drug-likeness (QED) is 0.552. The standard InChI is InChI=1S/C29H39N5O3S/c1-5-22-9-7-8-20(3)25(22)31-28(38)33-14-12-23(13-15-33)26-24(11-10-21(4)30-26)27(35)32-16-18-34(19-17-32)29(36)37-6-2/h7-11,23H,5-6,12-19H2,1-4H3,(H,31,38). The zero-order chi connectivity index (χ0) is 27.2. The number of benzene rings is 1. The van der Waals surface area contributed by atoms with Crippen molar-refractivity contribution < 1.29 is 14.3 Å². The van der Waals surface area contributed by atoms with Crippen molar-refractivity contribution in [3.8, 4) is 0 Å². The number of anilines is 1. The average Bonchev–Trinajstić information content (AvgIpc) is 2.94. The van der Waals surface area contributed by atoms with Crippen LogP contribution >= 0.6 is 12.2 Å². The van der Waals surface area contributed by atoms with Crippen molar-refractivity contribution in [3.63, 3.8) is 0 Å². The molecule has 0 spiro atoms. The molecule has 1 aromatic heterocycles. The maximum atomic E-state index is 13.6. The van der Waals surface area contributed by atoms with Crippen LogP contribution < -0.4 is 5.32 Å². The lowest BCUT2D eigenvalue weighted by Crippen LogP contribution is -2.51. The van der Waals surface area contributed by atoms with Crippen LogP contribution in [-0.4, -0.2) is 82.7 Å². The fourth-order valence-electron chi connectivity index (χ4n) is 5.29. The molecule has 38 heavy (non-hydrogen) atoms. The number of amides is 2. The third-order valence-electron chi connectivity index (χ3n) is 7.53. The van der Waals surface area contributed by atoms with Crippen LogP contribution in [0.3, 0.4) is 0 Å². The van der Waals surface area contributed by atoms with E-state index in [2.05, 4.69) is 42.3 Å².